The van der Waals surface area contributed by atoms with Crippen LogP contribution in [0, 0.1) is 5.92 Å². The highest BCUT2D eigenvalue weighted by atomic mass is 32.2. The fraction of sp³-hybridized carbons (Fsp3) is 0.455. The molecule has 30 heavy (non-hydrogen) atoms. The molecule has 2 aliphatic rings. The lowest BCUT2D eigenvalue weighted by Crippen LogP contribution is -2.36. The first-order chi connectivity index (χ1) is 14.5. The predicted molar refractivity (Wildman–Crippen MR) is 127 cm³/mol. The first-order valence-electron chi connectivity index (χ1n) is 10.5. The summed E-state index contributed by atoms with van der Waals surface area (Å²) < 4.78 is 2.10. The zero-order valence-electron chi connectivity index (χ0n) is 17.3. The lowest BCUT2D eigenvalue weighted by atomic mass is 9.99. The highest BCUT2D eigenvalue weighted by Gasteiger charge is 2.32. The Bertz CT molecular complexity index is 1070. The molecular formula is C22H26N4O2S2. The van der Waals surface area contributed by atoms with Crippen LogP contribution in [0.25, 0.3) is 11.7 Å². The van der Waals surface area contributed by atoms with E-state index in [0.29, 0.717) is 38.7 Å². The van der Waals surface area contributed by atoms with Gasteiger partial charge in [0, 0.05) is 25.8 Å². The van der Waals surface area contributed by atoms with Crippen LogP contribution in [0.5, 0.6) is 0 Å². The Morgan fingerprint density at radius 1 is 1.27 bits per heavy atom. The highest BCUT2D eigenvalue weighted by molar-refractivity contribution is 8.26. The Hall–Kier alpha value is -2.19. The standard InChI is InChI=1S/C22H26N4O2S2/c1-3-4-10-26-21(28)17(30-22(26)29)14-16-19(24-12-8-15(2)9-13-24)23-18-7-5-6-11-25(18)20(16)27/h5-7,11,14-15H,3-4,8-10,12-13H2,1-2H3/b17-14-. The number of unbranched alkanes of at least 4 members (excludes halogenated alkanes) is 1. The van der Waals surface area contributed by atoms with Gasteiger partial charge in [-0.15, -0.1) is 0 Å². The Morgan fingerprint density at radius 3 is 2.77 bits per heavy atom. The van der Waals surface area contributed by atoms with Gasteiger partial charge in [0.15, 0.2) is 0 Å². The summed E-state index contributed by atoms with van der Waals surface area (Å²) in [7, 11) is 0. The number of carbonyl (C=O) groups is 1. The number of aromatic nitrogens is 2. The Kier molecular flexibility index (Phi) is 6.24. The van der Waals surface area contributed by atoms with Crippen molar-refractivity contribution < 1.29 is 4.79 Å². The molecule has 2 fully saturated rings. The van der Waals surface area contributed by atoms with Crippen LogP contribution in [0.4, 0.5) is 5.82 Å². The first kappa shape index (κ1) is 21.1. The average molecular weight is 443 g/mol. The molecule has 1 amide bonds. The molecule has 4 heterocycles. The monoisotopic (exact) mass is 442 g/mol. The van der Waals surface area contributed by atoms with Crippen molar-refractivity contribution in [1.29, 1.82) is 0 Å². The van der Waals surface area contributed by atoms with Crippen LogP contribution < -0.4 is 10.5 Å². The van der Waals surface area contributed by atoms with Gasteiger partial charge in [0.2, 0.25) is 0 Å². The molecule has 0 spiro atoms. The maximum absolute atomic E-state index is 13.4. The van der Waals surface area contributed by atoms with Gasteiger partial charge in [-0.2, -0.15) is 0 Å². The maximum Gasteiger partial charge on any atom is 0.267 e. The van der Waals surface area contributed by atoms with Gasteiger partial charge in [-0.1, -0.05) is 50.3 Å². The summed E-state index contributed by atoms with van der Waals surface area (Å²) in [5, 5.41) is 0. The number of nitrogens with zero attached hydrogens (tertiary/aromatic N) is 4. The van der Waals surface area contributed by atoms with Gasteiger partial charge in [0.05, 0.1) is 10.5 Å². The van der Waals surface area contributed by atoms with E-state index in [2.05, 4.69) is 18.7 Å². The molecule has 4 rings (SSSR count). The van der Waals surface area contributed by atoms with Crippen molar-refractivity contribution in [3.63, 3.8) is 0 Å². The Labute approximate surface area is 186 Å². The number of anilines is 1. The van der Waals surface area contributed by atoms with Gasteiger partial charge in [-0.3, -0.25) is 18.9 Å². The lowest BCUT2D eigenvalue weighted by Gasteiger charge is -2.32. The van der Waals surface area contributed by atoms with E-state index >= 15 is 0 Å². The summed E-state index contributed by atoms with van der Waals surface area (Å²) in [6.45, 7) is 6.66. The van der Waals surface area contributed by atoms with Crippen molar-refractivity contribution in [1.82, 2.24) is 14.3 Å². The van der Waals surface area contributed by atoms with Gasteiger partial charge >= 0.3 is 0 Å². The van der Waals surface area contributed by atoms with Crippen LogP contribution in [0.15, 0.2) is 34.1 Å². The largest absolute Gasteiger partial charge is 0.356 e. The van der Waals surface area contributed by atoms with Crippen LogP contribution in [0.2, 0.25) is 0 Å². The van der Waals surface area contributed by atoms with Gasteiger partial charge in [-0.05, 0) is 43.4 Å². The van der Waals surface area contributed by atoms with Crippen molar-refractivity contribution in [2.24, 2.45) is 5.92 Å². The molecule has 0 saturated carbocycles. The number of carbonyl (C=O) groups excluding carboxylic acids is 1. The molecule has 0 atom stereocenters. The number of rotatable bonds is 5. The topological polar surface area (TPSA) is 57.9 Å². The quantitative estimate of drug-likeness (QED) is 0.517. The van der Waals surface area contributed by atoms with Crippen molar-refractivity contribution >= 4 is 51.7 Å². The molecule has 6 nitrogen and oxygen atoms in total. The zero-order valence-corrected chi connectivity index (χ0v) is 19.0. The molecule has 0 N–H and O–H groups in total. The summed E-state index contributed by atoms with van der Waals surface area (Å²) in [6, 6.07) is 5.53. The van der Waals surface area contributed by atoms with Crippen LogP contribution >= 0.6 is 24.0 Å². The first-order valence-corrected chi connectivity index (χ1v) is 11.7. The third kappa shape index (κ3) is 4.03. The average Bonchev–Trinajstić information content (AvgIpc) is 3.01. The molecule has 0 aromatic carbocycles. The van der Waals surface area contributed by atoms with Gasteiger partial charge in [0.1, 0.15) is 15.8 Å². The molecule has 2 aliphatic heterocycles. The summed E-state index contributed by atoms with van der Waals surface area (Å²) in [4.78, 5) is 35.4. The van der Waals surface area contributed by atoms with Gasteiger partial charge in [-0.25, -0.2) is 4.98 Å². The normalized spacial score (nSPS) is 19.5. The molecule has 2 aromatic rings. The smallest absolute Gasteiger partial charge is 0.267 e. The van der Waals surface area contributed by atoms with Crippen molar-refractivity contribution in [2.45, 2.75) is 39.5 Å². The third-order valence-corrected chi connectivity index (χ3v) is 7.09. The summed E-state index contributed by atoms with van der Waals surface area (Å²) in [5.74, 6) is 1.22. The number of thiocarbonyl (C=S) groups is 1. The zero-order chi connectivity index (χ0) is 21.3. The van der Waals surface area contributed by atoms with Crippen LogP contribution in [0.3, 0.4) is 0 Å². The fourth-order valence-electron chi connectivity index (χ4n) is 3.82. The van der Waals surface area contributed by atoms with E-state index < -0.39 is 0 Å². The number of hydrogen-bond acceptors (Lipinski definition) is 6. The summed E-state index contributed by atoms with van der Waals surface area (Å²) in [6.07, 6.45) is 7.44. The van der Waals surface area contributed by atoms with E-state index in [1.54, 1.807) is 21.6 Å². The second kappa shape index (κ2) is 8.89. The fourth-order valence-corrected chi connectivity index (χ4v) is 5.11. The number of amides is 1. The second-order valence-corrected chi connectivity index (χ2v) is 9.62. The molecule has 2 saturated heterocycles. The van der Waals surface area contributed by atoms with Gasteiger partial charge in [0.25, 0.3) is 11.5 Å². The van der Waals surface area contributed by atoms with E-state index in [-0.39, 0.29) is 11.5 Å². The molecule has 158 valence electrons. The minimum Gasteiger partial charge on any atom is -0.356 e. The summed E-state index contributed by atoms with van der Waals surface area (Å²) in [5.41, 5.74) is 0.918. The molecule has 0 bridgehead atoms. The van der Waals surface area contributed by atoms with E-state index in [1.807, 2.05) is 18.2 Å². The number of hydrogen-bond donors (Lipinski definition) is 0. The number of fused-ring (bicyclic) bond motifs is 1. The van der Waals surface area contributed by atoms with Crippen molar-refractivity contribution in [3.8, 4) is 0 Å². The summed E-state index contributed by atoms with van der Waals surface area (Å²) >= 11 is 6.69. The molecule has 8 heteroatoms. The number of pyridine rings is 1. The number of piperidine rings is 1. The minimum atomic E-state index is -0.159. The molecule has 0 radical (unpaired) electrons. The Morgan fingerprint density at radius 2 is 2.03 bits per heavy atom. The van der Waals surface area contributed by atoms with E-state index in [0.717, 1.165) is 38.8 Å². The highest BCUT2D eigenvalue weighted by Crippen LogP contribution is 2.34. The second-order valence-electron chi connectivity index (χ2n) is 7.94. The Balaban J connectivity index is 1.79. The maximum atomic E-state index is 13.4. The predicted octanol–water partition coefficient (Wildman–Crippen LogP) is 3.93. The van der Waals surface area contributed by atoms with Crippen LogP contribution in [-0.2, 0) is 4.79 Å². The third-order valence-electron chi connectivity index (χ3n) is 5.72. The lowest BCUT2D eigenvalue weighted by molar-refractivity contribution is -0.122. The van der Waals surface area contributed by atoms with Gasteiger partial charge < -0.3 is 4.90 Å². The minimum absolute atomic E-state index is 0.116. The number of thioether (sulfide) groups is 1. The SMILES string of the molecule is CCCCN1C(=O)/C(=C/c2c(N3CCC(C)CC3)nc3ccccn3c2=O)SC1=S. The van der Waals surface area contributed by atoms with Crippen molar-refractivity contribution in [2.75, 3.05) is 24.5 Å². The molecule has 0 aliphatic carbocycles. The van der Waals surface area contributed by atoms with E-state index in [1.165, 1.54) is 11.8 Å². The molecule has 2 aromatic heterocycles. The van der Waals surface area contributed by atoms with Crippen LogP contribution in [-0.4, -0.2) is 44.1 Å². The van der Waals surface area contributed by atoms with E-state index in [4.69, 9.17) is 17.2 Å². The molecular weight excluding hydrogens is 416 g/mol. The van der Waals surface area contributed by atoms with E-state index in [9.17, 15) is 9.59 Å². The molecule has 0 unspecified atom stereocenters. The van der Waals surface area contributed by atoms with Crippen LogP contribution in [0.1, 0.15) is 45.1 Å². The van der Waals surface area contributed by atoms with Crippen molar-refractivity contribution in [3.05, 3.63) is 45.2 Å².